The van der Waals surface area contributed by atoms with Crippen molar-refractivity contribution in [1.29, 1.82) is 0 Å². The number of nitrogens with zero attached hydrogens (tertiary/aromatic N) is 1. The number of hydrogen-bond donors (Lipinski definition) is 1. The van der Waals surface area contributed by atoms with Gasteiger partial charge < -0.3 is 14.8 Å². The number of nitrogens with one attached hydrogen (secondary N) is 1. The van der Waals surface area contributed by atoms with Crippen LogP contribution in [0.15, 0.2) is 78.9 Å². The predicted molar refractivity (Wildman–Crippen MR) is 125 cm³/mol. The van der Waals surface area contributed by atoms with Crippen molar-refractivity contribution in [3.8, 4) is 17.2 Å². The highest BCUT2D eigenvalue weighted by Crippen LogP contribution is 2.27. The van der Waals surface area contributed by atoms with Gasteiger partial charge in [0.25, 0.3) is 0 Å². The molecule has 3 aromatic rings. The highest BCUT2D eigenvalue weighted by Gasteiger charge is 2.29. The van der Waals surface area contributed by atoms with Gasteiger partial charge in [0.1, 0.15) is 23.3 Å². The van der Waals surface area contributed by atoms with E-state index in [9.17, 15) is 13.2 Å². The first-order valence-electron chi connectivity index (χ1n) is 10.0. The minimum absolute atomic E-state index is 0.272. The Hall–Kier alpha value is -3.52. The van der Waals surface area contributed by atoms with Crippen LogP contribution in [0.2, 0.25) is 0 Å². The quantitative estimate of drug-likeness (QED) is 0.529. The van der Waals surface area contributed by atoms with Gasteiger partial charge >= 0.3 is 0 Å². The van der Waals surface area contributed by atoms with E-state index in [2.05, 4.69) is 5.32 Å². The number of anilines is 1. The molecule has 168 valence electrons. The van der Waals surface area contributed by atoms with Gasteiger partial charge in [0, 0.05) is 6.54 Å². The number of ether oxygens (including phenoxy) is 2. The number of methoxy groups -OCH3 is 1. The summed E-state index contributed by atoms with van der Waals surface area (Å²) < 4.78 is 37.0. The Bertz CT molecular complexity index is 1130. The van der Waals surface area contributed by atoms with Gasteiger partial charge in [-0.25, -0.2) is 8.42 Å². The first kappa shape index (κ1) is 23.1. The third-order valence-corrected chi connectivity index (χ3v) is 6.03. The maximum Gasteiger partial charge on any atom is 0.243 e. The van der Waals surface area contributed by atoms with Crippen molar-refractivity contribution in [1.82, 2.24) is 5.32 Å². The van der Waals surface area contributed by atoms with Gasteiger partial charge in [-0.2, -0.15) is 0 Å². The molecule has 8 heteroatoms. The summed E-state index contributed by atoms with van der Waals surface area (Å²) in [6, 6.07) is 22.2. The summed E-state index contributed by atoms with van der Waals surface area (Å²) in [6.45, 7) is 1.83. The summed E-state index contributed by atoms with van der Waals surface area (Å²) in [5.74, 6) is 1.55. The molecule has 3 rings (SSSR count). The van der Waals surface area contributed by atoms with Crippen LogP contribution in [0, 0.1) is 0 Å². The molecule has 0 saturated carbocycles. The molecule has 1 atom stereocenters. The highest BCUT2D eigenvalue weighted by molar-refractivity contribution is 7.92. The average molecular weight is 455 g/mol. The van der Waals surface area contributed by atoms with E-state index in [1.165, 1.54) is 0 Å². The molecule has 0 spiro atoms. The number of para-hydroxylation sites is 1. The van der Waals surface area contributed by atoms with Gasteiger partial charge in [0.05, 0.1) is 19.1 Å². The summed E-state index contributed by atoms with van der Waals surface area (Å²) in [7, 11) is -2.13. The molecule has 1 amide bonds. The van der Waals surface area contributed by atoms with E-state index >= 15 is 0 Å². The summed E-state index contributed by atoms with van der Waals surface area (Å²) in [4.78, 5) is 12.7. The molecule has 0 radical (unpaired) electrons. The molecule has 0 aliphatic carbocycles. The Balaban J connectivity index is 1.71. The monoisotopic (exact) mass is 454 g/mol. The first-order chi connectivity index (χ1) is 15.3. The molecular formula is C24H26N2O5S. The van der Waals surface area contributed by atoms with E-state index in [0.717, 1.165) is 21.9 Å². The summed E-state index contributed by atoms with van der Waals surface area (Å²) >= 11 is 0. The largest absolute Gasteiger partial charge is 0.497 e. The first-order valence-corrected chi connectivity index (χ1v) is 11.9. The highest BCUT2D eigenvalue weighted by atomic mass is 32.2. The number of rotatable bonds is 9. The Labute approximate surface area is 188 Å². The van der Waals surface area contributed by atoms with Crippen LogP contribution >= 0.6 is 0 Å². The number of sulfonamides is 1. The summed E-state index contributed by atoms with van der Waals surface area (Å²) in [5.41, 5.74) is 1.25. The van der Waals surface area contributed by atoms with Crippen LogP contribution in [-0.2, 0) is 21.4 Å². The topological polar surface area (TPSA) is 84.9 Å². The average Bonchev–Trinajstić information content (AvgIpc) is 2.79. The Morgan fingerprint density at radius 2 is 1.47 bits per heavy atom. The zero-order valence-corrected chi connectivity index (χ0v) is 19.0. The van der Waals surface area contributed by atoms with E-state index in [-0.39, 0.29) is 6.54 Å². The van der Waals surface area contributed by atoms with E-state index in [1.807, 2.05) is 42.5 Å². The van der Waals surface area contributed by atoms with E-state index in [4.69, 9.17) is 9.47 Å². The molecule has 3 aromatic carbocycles. The lowest BCUT2D eigenvalue weighted by atomic mass is 10.2. The van der Waals surface area contributed by atoms with Crippen LogP contribution in [0.4, 0.5) is 5.69 Å². The normalized spacial score (nSPS) is 12.0. The fraction of sp³-hybridized carbons (Fsp3) is 0.208. The van der Waals surface area contributed by atoms with Crippen molar-refractivity contribution in [3.63, 3.8) is 0 Å². The molecule has 0 heterocycles. The molecule has 1 N–H and O–H groups in total. The van der Waals surface area contributed by atoms with Crippen LogP contribution in [0.3, 0.4) is 0 Å². The minimum Gasteiger partial charge on any atom is -0.497 e. The zero-order valence-electron chi connectivity index (χ0n) is 18.2. The van der Waals surface area contributed by atoms with Gasteiger partial charge in [-0.15, -0.1) is 0 Å². The second kappa shape index (κ2) is 10.2. The third-order valence-electron chi connectivity index (χ3n) is 4.78. The Kier molecular flexibility index (Phi) is 7.37. The van der Waals surface area contributed by atoms with E-state index < -0.39 is 22.0 Å². The van der Waals surface area contributed by atoms with Crippen molar-refractivity contribution in [2.75, 3.05) is 17.7 Å². The lowest BCUT2D eigenvalue weighted by molar-refractivity contribution is -0.122. The van der Waals surface area contributed by atoms with E-state index in [1.54, 1.807) is 50.4 Å². The fourth-order valence-corrected chi connectivity index (χ4v) is 4.35. The second-order valence-electron chi connectivity index (χ2n) is 7.21. The molecule has 32 heavy (non-hydrogen) atoms. The van der Waals surface area contributed by atoms with Crippen LogP contribution in [0.25, 0.3) is 0 Å². The molecule has 0 bridgehead atoms. The molecule has 0 aliphatic rings. The number of hydrogen-bond acceptors (Lipinski definition) is 5. The van der Waals surface area contributed by atoms with Crippen molar-refractivity contribution >= 4 is 21.6 Å². The van der Waals surface area contributed by atoms with Crippen LogP contribution in [0.1, 0.15) is 12.5 Å². The molecule has 0 aromatic heterocycles. The lowest BCUT2D eigenvalue weighted by Crippen LogP contribution is -2.47. The number of carbonyl (C=O) groups is 1. The zero-order chi connectivity index (χ0) is 23.1. The summed E-state index contributed by atoms with van der Waals surface area (Å²) in [6.07, 6.45) is 1.08. The molecule has 7 nitrogen and oxygen atoms in total. The van der Waals surface area contributed by atoms with E-state index in [0.29, 0.717) is 17.2 Å². The maximum atomic E-state index is 12.7. The smallest absolute Gasteiger partial charge is 0.243 e. The van der Waals surface area contributed by atoms with Gasteiger partial charge in [0.2, 0.25) is 15.9 Å². The van der Waals surface area contributed by atoms with Crippen molar-refractivity contribution < 1.29 is 22.7 Å². The minimum atomic E-state index is -3.71. The van der Waals surface area contributed by atoms with Crippen LogP contribution < -0.4 is 19.1 Å². The molecule has 0 fully saturated rings. The number of carbonyl (C=O) groups excluding carboxylic acids is 1. The number of amides is 1. The van der Waals surface area contributed by atoms with Crippen molar-refractivity contribution in [2.45, 2.75) is 19.5 Å². The summed E-state index contributed by atoms with van der Waals surface area (Å²) in [5, 5.41) is 2.79. The van der Waals surface area contributed by atoms with Gasteiger partial charge in [-0.05, 0) is 61.0 Å². The van der Waals surface area contributed by atoms with Gasteiger partial charge in [0.15, 0.2) is 0 Å². The number of benzene rings is 3. The van der Waals surface area contributed by atoms with Crippen molar-refractivity contribution in [2.24, 2.45) is 0 Å². The predicted octanol–water partition coefficient (Wildman–Crippen LogP) is 3.96. The molecule has 0 aliphatic heterocycles. The standard InChI is InChI=1S/C24H26N2O5S/c1-18(24(27)25-17-19-9-13-21(30-2)14-10-19)26(32(3,28)29)20-11-15-23(16-12-20)31-22-7-5-4-6-8-22/h4-16,18H,17H2,1-3H3,(H,25,27)/t18-/m1/s1. The maximum absolute atomic E-state index is 12.7. The molecular weight excluding hydrogens is 428 g/mol. The van der Waals surface area contributed by atoms with Crippen LogP contribution in [-0.4, -0.2) is 33.7 Å². The fourth-order valence-electron chi connectivity index (χ4n) is 3.17. The second-order valence-corrected chi connectivity index (χ2v) is 9.07. The SMILES string of the molecule is COc1ccc(CNC(=O)[C@@H](C)N(c2ccc(Oc3ccccc3)cc2)S(C)(=O)=O)cc1. The van der Waals surface area contributed by atoms with Gasteiger partial charge in [-0.3, -0.25) is 9.10 Å². The van der Waals surface area contributed by atoms with Gasteiger partial charge in [-0.1, -0.05) is 30.3 Å². The molecule has 0 saturated heterocycles. The Morgan fingerprint density at radius 1 is 0.906 bits per heavy atom. The third kappa shape index (κ3) is 6.01. The lowest BCUT2D eigenvalue weighted by Gasteiger charge is -2.28. The Morgan fingerprint density at radius 3 is 2.03 bits per heavy atom. The van der Waals surface area contributed by atoms with Crippen molar-refractivity contribution in [3.05, 3.63) is 84.4 Å². The molecule has 0 unspecified atom stereocenters. The van der Waals surface area contributed by atoms with Crippen LogP contribution in [0.5, 0.6) is 17.2 Å².